The number of Topliss-reactive ketones (excluding diaryl/α,β-unsaturated/α-hetero) is 1. The Hall–Kier alpha value is -4.08. The summed E-state index contributed by atoms with van der Waals surface area (Å²) in [6.45, 7) is 7.25. The van der Waals surface area contributed by atoms with E-state index in [9.17, 15) is 14.7 Å². The number of benzene rings is 3. The van der Waals surface area contributed by atoms with Crippen LogP contribution in [0, 0.1) is 5.92 Å². The Balaban J connectivity index is 1.65. The number of halogens is 1. The van der Waals surface area contributed by atoms with Crippen LogP contribution < -0.4 is 19.1 Å². The molecule has 1 amide bonds. The zero-order valence-electron chi connectivity index (χ0n) is 24.4. The molecule has 10 heteroatoms. The second kappa shape index (κ2) is 13.1. The molecule has 1 aliphatic heterocycles. The molecular weight excluding hydrogens is 588 g/mol. The van der Waals surface area contributed by atoms with Crippen molar-refractivity contribution in [3.8, 4) is 17.2 Å². The third-order valence-electron chi connectivity index (χ3n) is 7.03. The van der Waals surface area contributed by atoms with Crippen LogP contribution in [0.4, 0.5) is 5.13 Å². The number of ether oxygens (including phenoxy) is 3. The number of aromatic nitrogens is 1. The van der Waals surface area contributed by atoms with Gasteiger partial charge in [-0.25, -0.2) is 4.98 Å². The summed E-state index contributed by atoms with van der Waals surface area (Å²) in [5, 5.41) is 12.5. The molecule has 0 spiro atoms. The van der Waals surface area contributed by atoms with Crippen molar-refractivity contribution in [3.05, 3.63) is 82.4 Å². The van der Waals surface area contributed by atoms with E-state index in [-0.39, 0.29) is 11.3 Å². The van der Waals surface area contributed by atoms with Gasteiger partial charge in [-0.15, -0.1) is 0 Å². The Kier molecular flexibility index (Phi) is 9.22. The molecule has 0 radical (unpaired) electrons. The fourth-order valence-electron chi connectivity index (χ4n) is 4.82. The summed E-state index contributed by atoms with van der Waals surface area (Å²) in [6, 6.07) is 16.3. The van der Waals surface area contributed by atoms with E-state index in [0.717, 1.165) is 17.5 Å². The molecule has 224 valence electrons. The van der Waals surface area contributed by atoms with Gasteiger partial charge in [-0.05, 0) is 66.8 Å². The van der Waals surface area contributed by atoms with Gasteiger partial charge in [-0.1, -0.05) is 61.9 Å². The van der Waals surface area contributed by atoms with Crippen LogP contribution in [0.3, 0.4) is 0 Å². The lowest BCUT2D eigenvalue weighted by Crippen LogP contribution is -2.29. The molecule has 0 aliphatic carbocycles. The van der Waals surface area contributed by atoms with E-state index in [1.54, 1.807) is 60.7 Å². The third kappa shape index (κ3) is 6.33. The number of fused-ring (bicyclic) bond motifs is 1. The topological polar surface area (TPSA) is 98.2 Å². The van der Waals surface area contributed by atoms with Crippen molar-refractivity contribution in [2.45, 2.75) is 39.7 Å². The first-order valence-corrected chi connectivity index (χ1v) is 15.3. The summed E-state index contributed by atoms with van der Waals surface area (Å²) in [7, 11) is 1.53. The number of thiazole rings is 1. The fourth-order valence-corrected chi connectivity index (χ4v) is 6.09. The quantitative estimate of drug-likeness (QED) is 0.104. The Bertz CT molecular complexity index is 1700. The van der Waals surface area contributed by atoms with E-state index >= 15 is 0 Å². The van der Waals surface area contributed by atoms with Crippen molar-refractivity contribution in [2.24, 2.45) is 5.92 Å². The summed E-state index contributed by atoms with van der Waals surface area (Å²) in [6.07, 6.45) is 1.68. The Morgan fingerprint density at radius 1 is 1.05 bits per heavy atom. The highest BCUT2D eigenvalue weighted by Crippen LogP contribution is 2.46. The number of aliphatic hydroxyl groups is 1. The number of nitrogens with zero attached hydrogens (tertiary/aromatic N) is 2. The van der Waals surface area contributed by atoms with Gasteiger partial charge >= 0.3 is 5.91 Å². The molecule has 1 aromatic heterocycles. The average Bonchev–Trinajstić information content (AvgIpc) is 3.53. The highest BCUT2D eigenvalue weighted by Gasteiger charge is 2.48. The van der Waals surface area contributed by atoms with E-state index in [1.165, 1.54) is 23.3 Å². The summed E-state index contributed by atoms with van der Waals surface area (Å²) >= 11 is 7.45. The molecule has 3 aromatic carbocycles. The maximum absolute atomic E-state index is 13.7. The minimum Gasteiger partial charge on any atom is -0.507 e. The normalized spacial score (nSPS) is 16.3. The zero-order valence-corrected chi connectivity index (χ0v) is 26.0. The van der Waals surface area contributed by atoms with Crippen molar-refractivity contribution in [1.82, 2.24) is 4.98 Å². The van der Waals surface area contributed by atoms with Crippen LogP contribution in [0.1, 0.15) is 50.8 Å². The van der Waals surface area contributed by atoms with Gasteiger partial charge in [0.05, 0.1) is 42.2 Å². The summed E-state index contributed by atoms with van der Waals surface area (Å²) in [5.74, 6) is 0.0661. The molecule has 1 unspecified atom stereocenters. The number of hydrogen-bond donors (Lipinski definition) is 1. The van der Waals surface area contributed by atoms with Crippen LogP contribution in [0.25, 0.3) is 16.0 Å². The van der Waals surface area contributed by atoms with Crippen LogP contribution in [0.15, 0.2) is 66.2 Å². The molecule has 0 saturated carbocycles. The largest absolute Gasteiger partial charge is 0.507 e. The number of carbonyl (C=O) groups excluding carboxylic acids is 2. The van der Waals surface area contributed by atoms with Gasteiger partial charge < -0.3 is 19.3 Å². The monoisotopic (exact) mass is 620 g/mol. The van der Waals surface area contributed by atoms with Crippen LogP contribution in [-0.2, 0) is 9.59 Å². The smallest absolute Gasteiger partial charge is 0.301 e. The van der Waals surface area contributed by atoms with Crippen molar-refractivity contribution in [3.63, 3.8) is 0 Å². The number of hydrogen-bond acceptors (Lipinski definition) is 8. The van der Waals surface area contributed by atoms with Crippen LogP contribution in [0.2, 0.25) is 5.02 Å². The van der Waals surface area contributed by atoms with Crippen molar-refractivity contribution < 1.29 is 28.9 Å². The Morgan fingerprint density at radius 3 is 2.60 bits per heavy atom. The van der Waals surface area contributed by atoms with E-state index in [1.807, 2.05) is 6.92 Å². The number of anilines is 1. The molecule has 8 nitrogen and oxygen atoms in total. The molecule has 43 heavy (non-hydrogen) atoms. The first-order chi connectivity index (χ1) is 20.7. The van der Waals surface area contributed by atoms with E-state index < -0.39 is 17.7 Å². The number of aliphatic hydroxyl groups excluding tert-OH is 1. The van der Waals surface area contributed by atoms with Gasteiger partial charge in [-0.2, -0.15) is 0 Å². The lowest BCUT2D eigenvalue weighted by atomic mass is 9.95. The van der Waals surface area contributed by atoms with E-state index in [2.05, 4.69) is 18.8 Å². The molecule has 1 N–H and O–H groups in total. The molecule has 1 saturated heterocycles. The summed E-state index contributed by atoms with van der Waals surface area (Å²) in [5.41, 5.74) is 1.47. The highest BCUT2D eigenvalue weighted by molar-refractivity contribution is 7.22. The van der Waals surface area contributed by atoms with Gasteiger partial charge in [0, 0.05) is 10.6 Å². The zero-order chi connectivity index (χ0) is 30.7. The summed E-state index contributed by atoms with van der Waals surface area (Å²) in [4.78, 5) is 33.4. The molecule has 1 aliphatic rings. The van der Waals surface area contributed by atoms with Crippen molar-refractivity contribution in [1.29, 1.82) is 0 Å². The predicted molar refractivity (Wildman–Crippen MR) is 170 cm³/mol. The van der Waals surface area contributed by atoms with E-state index in [0.29, 0.717) is 63.2 Å². The standard InChI is InChI=1S/C33H33ClN2O6S/c1-5-14-41-23-8-6-7-21(16-23)30(37)28-29(20-9-12-25(26(17-20)40-4)42-15-13-19(2)3)36(32(39)31(28)38)33-35-24-11-10-22(34)18-27(24)43-33/h6-12,16-19,29,37H,5,13-15H2,1-4H3. The van der Waals surface area contributed by atoms with Crippen LogP contribution >= 0.6 is 22.9 Å². The first kappa shape index (κ1) is 30.4. The number of ketones is 1. The number of rotatable bonds is 11. The molecule has 4 aromatic rings. The second-order valence-corrected chi connectivity index (χ2v) is 12.0. The lowest BCUT2D eigenvalue weighted by molar-refractivity contribution is -0.132. The minimum atomic E-state index is -0.991. The number of methoxy groups -OCH3 is 1. The average molecular weight is 621 g/mol. The molecule has 1 atom stereocenters. The van der Waals surface area contributed by atoms with Gasteiger partial charge in [0.15, 0.2) is 16.6 Å². The van der Waals surface area contributed by atoms with Gasteiger partial charge in [-0.3, -0.25) is 14.5 Å². The molecule has 1 fully saturated rings. The SMILES string of the molecule is CCCOc1cccc(C(O)=C2C(=O)C(=O)N(c3nc4ccc(Cl)cc4s3)C2c2ccc(OCCC(C)C)c(OC)c2)c1. The van der Waals surface area contributed by atoms with E-state index in [4.69, 9.17) is 25.8 Å². The van der Waals surface area contributed by atoms with Gasteiger partial charge in [0.1, 0.15) is 11.5 Å². The minimum absolute atomic E-state index is 0.0644. The predicted octanol–water partition coefficient (Wildman–Crippen LogP) is 7.80. The molecule has 0 bridgehead atoms. The molecular formula is C33H33ClN2O6S. The first-order valence-electron chi connectivity index (χ1n) is 14.1. The Labute approximate surface area is 259 Å². The van der Waals surface area contributed by atoms with Gasteiger partial charge in [0.25, 0.3) is 5.78 Å². The maximum Gasteiger partial charge on any atom is 0.301 e. The highest BCUT2D eigenvalue weighted by atomic mass is 35.5. The van der Waals surface area contributed by atoms with Crippen molar-refractivity contribution in [2.75, 3.05) is 25.2 Å². The Morgan fingerprint density at radius 2 is 1.86 bits per heavy atom. The van der Waals surface area contributed by atoms with Crippen LogP contribution in [-0.4, -0.2) is 42.1 Å². The van der Waals surface area contributed by atoms with Gasteiger partial charge in [0.2, 0.25) is 0 Å². The van der Waals surface area contributed by atoms with Crippen molar-refractivity contribution >= 4 is 55.7 Å². The van der Waals surface area contributed by atoms with Crippen LogP contribution in [0.5, 0.6) is 17.2 Å². The fraction of sp³-hybridized carbons (Fsp3) is 0.303. The number of carbonyl (C=O) groups is 2. The number of amides is 1. The maximum atomic E-state index is 13.7. The molecule has 2 heterocycles. The lowest BCUT2D eigenvalue weighted by Gasteiger charge is -2.24. The second-order valence-electron chi connectivity index (χ2n) is 10.6. The summed E-state index contributed by atoms with van der Waals surface area (Å²) < 4.78 is 18.1. The third-order valence-corrected chi connectivity index (χ3v) is 8.28. The molecule has 5 rings (SSSR count).